The quantitative estimate of drug-likeness (QED) is 0.681. The van der Waals surface area contributed by atoms with E-state index in [9.17, 15) is 0 Å². The van der Waals surface area contributed by atoms with E-state index in [1.807, 2.05) is 18.2 Å². The molecule has 0 aliphatic heterocycles. The van der Waals surface area contributed by atoms with E-state index in [0.29, 0.717) is 5.92 Å². The number of hydrogen-bond acceptors (Lipinski definition) is 3. The van der Waals surface area contributed by atoms with Gasteiger partial charge in [0.05, 0.1) is 15.2 Å². The van der Waals surface area contributed by atoms with Gasteiger partial charge < -0.3 is 5.73 Å². The molecule has 94 valence electrons. The summed E-state index contributed by atoms with van der Waals surface area (Å²) >= 11 is 1.79. The van der Waals surface area contributed by atoms with Gasteiger partial charge in [-0.3, -0.25) is 0 Å². The van der Waals surface area contributed by atoms with E-state index in [4.69, 9.17) is 10.7 Å². The highest BCUT2D eigenvalue weighted by Gasteiger charge is 2.25. The molecule has 0 atom stereocenters. The fraction of sp³-hybridized carbons (Fsp3) is 0.188. The maximum Gasteiger partial charge on any atom is 0.0976 e. The van der Waals surface area contributed by atoms with Crippen molar-refractivity contribution < 1.29 is 0 Å². The predicted molar refractivity (Wildman–Crippen MR) is 80.6 cm³/mol. The molecule has 2 aromatic carbocycles. The van der Waals surface area contributed by atoms with Crippen molar-refractivity contribution in [3.05, 3.63) is 58.6 Å². The van der Waals surface area contributed by atoms with Gasteiger partial charge in [0.25, 0.3) is 0 Å². The Hall–Kier alpha value is -1.87. The highest BCUT2D eigenvalue weighted by atomic mass is 32.1. The van der Waals surface area contributed by atoms with Crippen LogP contribution in [0, 0.1) is 0 Å². The Balaban J connectivity index is 1.73. The normalized spacial score (nSPS) is 14.9. The van der Waals surface area contributed by atoms with Gasteiger partial charge in [-0.15, -0.1) is 11.3 Å². The number of nitrogens with zero attached hydrogens (tertiary/aromatic N) is 1. The van der Waals surface area contributed by atoms with Gasteiger partial charge in [-0.05, 0) is 42.2 Å². The molecule has 2 nitrogen and oxygen atoms in total. The molecule has 0 bridgehead atoms. The number of nitrogen functional groups attached to an aromatic ring is 1. The number of benzene rings is 2. The van der Waals surface area contributed by atoms with Crippen molar-refractivity contribution >= 4 is 27.2 Å². The third-order valence-electron chi connectivity index (χ3n) is 3.83. The molecule has 0 amide bonds. The summed E-state index contributed by atoms with van der Waals surface area (Å²) in [6, 6.07) is 14.7. The third kappa shape index (κ3) is 1.81. The lowest BCUT2D eigenvalue weighted by molar-refractivity contribution is 0.736. The van der Waals surface area contributed by atoms with E-state index in [0.717, 1.165) is 24.0 Å². The van der Waals surface area contributed by atoms with E-state index in [-0.39, 0.29) is 0 Å². The van der Waals surface area contributed by atoms with Crippen molar-refractivity contribution in [3.8, 4) is 0 Å². The van der Waals surface area contributed by atoms with Crippen molar-refractivity contribution in [3.63, 3.8) is 0 Å². The van der Waals surface area contributed by atoms with Crippen LogP contribution >= 0.6 is 11.3 Å². The molecule has 4 rings (SSSR count). The zero-order valence-electron chi connectivity index (χ0n) is 10.5. The first-order valence-corrected chi connectivity index (χ1v) is 7.34. The Kier molecular flexibility index (Phi) is 2.35. The highest BCUT2D eigenvalue weighted by molar-refractivity contribution is 7.18. The summed E-state index contributed by atoms with van der Waals surface area (Å²) in [5.74, 6) is 0.538. The first-order valence-electron chi connectivity index (χ1n) is 6.52. The zero-order chi connectivity index (χ0) is 12.8. The first kappa shape index (κ1) is 11.0. The minimum atomic E-state index is 0.538. The van der Waals surface area contributed by atoms with Gasteiger partial charge in [-0.1, -0.05) is 24.3 Å². The average molecular weight is 266 g/mol. The van der Waals surface area contributed by atoms with Crippen LogP contribution in [-0.4, -0.2) is 4.98 Å². The van der Waals surface area contributed by atoms with Crippen LogP contribution in [-0.2, 0) is 12.8 Å². The number of nitrogens with two attached hydrogens (primary N) is 1. The Morgan fingerprint density at radius 2 is 1.79 bits per heavy atom. The summed E-state index contributed by atoms with van der Waals surface area (Å²) in [7, 11) is 0. The van der Waals surface area contributed by atoms with E-state index in [2.05, 4.69) is 24.3 Å². The minimum Gasteiger partial charge on any atom is -0.399 e. The van der Waals surface area contributed by atoms with Crippen LogP contribution in [0.15, 0.2) is 42.5 Å². The van der Waals surface area contributed by atoms with Gasteiger partial charge in [-0.2, -0.15) is 0 Å². The van der Waals surface area contributed by atoms with Crippen LogP contribution in [0.1, 0.15) is 22.1 Å². The van der Waals surface area contributed by atoms with Crippen molar-refractivity contribution in [2.45, 2.75) is 18.8 Å². The van der Waals surface area contributed by atoms with Gasteiger partial charge in [-0.25, -0.2) is 4.98 Å². The second-order valence-corrected chi connectivity index (χ2v) is 6.22. The Morgan fingerprint density at radius 1 is 1.05 bits per heavy atom. The molecule has 3 heteroatoms. The Bertz CT molecular complexity index is 735. The lowest BCUT2D eigenvalue weighted by Gasteiger charge is -2.02. The summed E-state index contributed by atoms with van der Waals surface area (Å²) < 4.78 is 1.20. The van der Waals surface area contributed by atoms with Gasteiger partial charge in [0.1, 0.15) is 0 Å². The summed E-state index contributed by atoms with van der Waals surface area (Å²) in [6.07, 6.45) is 2.23. The second kappa shape index (κ2) is 4.07. The lowest BCUT2D eigenvalue weighted by Crippen LogP contribution is -1.96. The Morgan fingerprint density at radius 3 is 2.53 bits per heavy atom. The number of hydrogen-bond donors (Lipinski definition) is 1. The Labute approximate surface area is 115 Å². The van der Waals surface area contributed by atoms with Crippen LogP contribution in [0.2, 0.25) is 0 Å². The second-order valence-electron chi connectivity index (χ2n) is 5.15. The summed E-state index contributed by atoms with van der Waals surface area (Å²) in [4.78, 5) is 4.78. The van der Waals surface area contributed by atoms with Crippen LogP contribution in [0.25, 0.3) is 10.2 Å². The third-order valence-corrected chi connectivity index (χ3v) is 5.01. The molecule has 0 saturated heterocycles. The maximum atomic E-state index is 5.83. The number of rotatable bonds is 1. The molecule has 1 aromatic heterocycles. The SMILES string of the molecule is Nc1ccc2nc(C3Cc4ccccc4C3)sc2c1. The maximum absolute atomic E-state index is 5.83. The van der Waals surface area contributed by atoms with Gasteiger partial charge in [0.15, 0.2) is 0 Å². The number of aromatic nitrogens is 1. The first-order chi connectivity index (χ1) is 9.29. The molecule has 0 fully saturated rings. The molecule has 3 aromatic rings. The minimum absolute atomic E-state index is 0.538. The molecule has 0 spiro atoms. The van der Waals surface area contributed by atoms with E-state index < -0.39 is 0 Å². The topological polar surface area (TPSA) is 38.9 Å². The van der Waals surface area contributed by atoms with Crippen molar-refractivity contribution in [1.29, 1.82) is 0 Å². The monoisotopic (exact) mass is 266 g/mol. The predicted octanol–water partition coefficient (Wildman–Crippen LogP) is 3.76. The van der Waals surface area contributed by atoms with Crippen LogP contribution in [0.4, 0.5) is 5.69 Å². The van der Waals surface area contributed by atoms with Crippen molar-refractivity contribution in [1.82, 2.24) is 4.98 Å². The van der Waals surface area contributed by atoms with Crippen molar-refractivity contribution in [2.24, 2.45) is 0 Å². The molecule has 19 heavy (non-hydrogen) atoms. The summed E-state index contributed by atoms with van der Waals surface area (Å²) in [6.45, 7) is 0. The van der Waals surface area contributed by atoms with Crippen LogP contribution in [0.5, 0.6) is 0 Å². The largest absolute Gasteiger partial charge is 0.399 e. The number of anilines is 1. The summed E-state index contributed by atoms with van der Waals surface area (Å²) in [5.41, 5.74) is 10.7. The molecule has 0 unspecified atom stereocenters. The molecule has 2 N–H and O–H groups in total. The molecular weight excluding hydrogens is 252 g/mol. The number of fused-ring (bicyclic) bond motifs is 2. The molecule has 1 heterocycles. The smallest absolute Gasteiger partial charge is 0.0976 e. The highest BCUT2D eigenvalue weighted by Crippen LogP contribution is 2.37. The van der Waals surface area contributed by atoms with Gasteiger partial charge in [0, 0.05) is 11.6 Å². The van der Waals surface area contributed by atoms with Gasteiger partial charge >= 0.3 is 0 Å². The van der Waals surface area contributed by atoms with E-state index in [1.54, 1.807) is 11.3 Å². The zero-order valence-corrected chi connectivity index (χ0v) is 11.3. The number of thiazole rings is 1. The van der Waals surface area contributed by atoms with Crippen LogP contribution < -0.4 is 5.73 Å². The fourth-order valence-electron chi connectivity index (χ4n) is 2.87. The molecule has 1 aliphatic carbocycles. The lowest BCUT2D eigenvalue weighted by atomic mass is 10.1. The molecule has 0 saturated carbocycles. The molecule has 0 radical (unpaired) electrons. The average Bonchev–Trinajstić information content (AvgIpc) is 3.00. The van der Waals surface area contributed by atoms with Crippen molar-refractivity contribution in [2.75, 3.05) is 5.73 Å². The van der Waals surface area contributed by atoms with E-state index >= 15 is 0 Å². The van der Waals surface area contributed by atoms with E-state index in [1.165, 1.54) is 20.8 Å². The molecule has 1 aliphatic rings. The van der Waals surface area contributed by atoms with Crippen LogP contribution in [0.3, 0.4) is 0 Å². The standard InChI is InChI=1S/C16H14N2S/c17-13-5-6-14-15(9-13)19-16(18-14)12-7-10-3-1-2-4-11(10)8-12/h1-6,9,12H,7-8,17H2. The summed E-state index contributed by atoms with van der Waals surface area (Å²) in [5, 5.41) is 1.25. The molecular formula is C16H14N2S. The fourth-order valence-corrected chi connectivity index (χ4v) is 3.98. The van der Waals surface area contributed by atoms with Gasteiger partial charge in [0.2, 0.25) is 0 Å².